The highest BCUT2D eigenvalue weighted by molar-refractivity contribution is 8.12. The van der Waals surface area contributed by atoms with Crippen LogP contribution in [0.2, 0.25) is 0 Å². The van der Waals surface area contributed by atoms with E-state index in [2.05, 4.69) is 42.5 Å². The molecule has 2 heterocycles. The van der Waals surface area contributed by atoms with E-state index in [9.17, 15) is 0 Å². The first-order valence-electron chi connectivity index (χ1n) is 6.75. The van der Waals surface area contributed by atoms with Crippen molar-refractivity contribution in [1.29, 1.82) is 0 Å². The number of benzene rings is 1. The number of hydrogen-bond donors (Lipinski definition) is 0. The number of fused-ring (bicyclic) bond motifs is 2. The van der Waals surface area contributed by atoms with Crippen LogP contribution in [0.4, 0.5) is 0 Å². The zero-order valence-electron chi connectivity index (χ0n) is 11.5. The average Bonchev–Trinajstić information content (AvgIpc) is 2.98. The topological polar surface area (TPSA) is 22.1 Å². The van der Waals surface area contributed by atoms with E-state index in [1.54, 1.807) is 30.2 Å². The summed E-state index contributed by atoms with van der Waals surface area (Å²) < 4.78 is 6.80. The van der Waals surface area contributed by atoms with Crippen molar-refractivity contribution in [3.05, 3.63) is 69.8 Å². The number of methoxy groups -OCH3 is 1. The maximum Gasteiger partial charge on any atom is 0.131 e. The molecule has 0 saturated carbocycles. The van der Waals surface area contributed by atoms with E-state index in [1.165, 1.54) is 20.1 Å². The van der Waals surface area contributed by atoms with E-state index in [1.807, 2.05) is 6.07 Å². The SMILES string of the molecule is COC1=C2CC=CC=C2SC(c2nc3ccccc3s2)=C1. The summed E-state index contributed by atoms with van der Waals surface area (Å²) in [6.45, 7) is 0. The van der Waals surface area contributed by atoms with E-state index in [-0.39, 0.29) is 0 Å². The fraction of sp³-hybridized carbons (Fsp3) is 0.118. The molecule has 2 nitrogen and oxygen atoms in total. The van der Waals surface area contributed by atoms with Crippen LogP contribution in [0, 0.1) is 0 Å². The van der Waals surface area contributed by atoms with E-state index in [0.29, 0.717) is 0 Å². The van der Waals surface area contributed by atoms with Gasteiger partial charge in [-0.2, -0.15) is 0 Å². The second kappa shape index (κ2) is 5.20. The van der Waals surface area contributed by atoms with Gasteiger partial charge in [0.2, 0.25) is 0 Å². The van der Waals surface area contributed by atoms with Gasteiger partial charge in [-0.15, -0.1) is 11.3 Å². The lowest BCUT2D eigenvalue weighted by Crippen LogP contribution is -2.01. The van der Waals surface area contributed by atoms with Gasteiger partial charge in [0, 0.05) is 10.5 Å². The summed E-state index contributed by atoms with van der Waals surface area (Å²) in [6, 6.07) is 8.26. The molecule has 0 radical (unpaired) electrons. The molecule has 0 N–H and O–H groups in total. The molecule has 0 atom stereocenters. The first-order chi connectivity index (χ1) is 10.3. The number of thiazole rings is 1. The third-order valence-electron chi connectivity index (χ3n) is 3.51. The highest BCUT2D eigenvalue weighted by Gasteiger charge is 2.22. The Hall–Kier alpha value is -1.78. The lowest BCUT2D eigenvalue weighted by Gasteiger charge is -2.21. The number of allylic oxidation sites excluding steroid dienone is 5. The van der Waals surface area contributed by atoms with Gasteiger partial charge in [-0.3, -0.25) is 0 Å². The summed E-state index contributed by atoms with van der Waals surface area (Å²) in [5, 5.41) is 1.06. The first-order valence-corrected chi connectivity index (χ1v) is 8.38. The number of rotatable bonds is 2. The molecule has 4 heteroatoms. The molecule has 0 spiro atoms. The van der Waals surface area contributed by atoms with Crippen molar-refractivity contribution in [2.45, 2.75) is 6.42 Å². The van der Waals surface area contributed by atoms with Gasteiger partial charge in [0.25, 0.3) is 0 Å². The third kappa shape index (κ3) is 2.24. The van der Waals surface area contributed by atoms with Gasteiger partial charge in [-0.1, -0.05) is 36.0 Å². The number of aromatic nitrogens is 1. The standard InChI is InChI=1S/C17H13NOS2/c1-19-13-10-16(20-14-8-4-2-6-11(13)14)17-18-12-7-3-5-9-15(12)21-17/h2-5,7-10H,6H2,1H3. The number of para-hydroxylation sites is 1. The van der Waals surface area contributed by atoms with Crippen molar-refractivity contribution in [1.82, 2.24) is 4.98 Å². The summed E-state index contributed by atoms with van der Waals surface area (Å²) in [4.78, 5) is 7.18. The molecular formula is C17H13NOS2. The smallest absolute Gasteiger partial charge is 0.131 e. The van der Waals surface area contributed by atoms with Crippen LogP contribution in [-0.4, -0.2) is 12.1 Å². The molecule has 1 aromatic heterocycles. The molecule has 2 aromatic rings. The van der Waals surface area contributed by atoms with Gasteiger partial charge in [0.15, 0.2) is 0 Å². The predicted molar refractivity (Wildman–Crippen MR) is 91.1 cm³/mol. The minimum atomic E-state index is 0.936. The van der Waals surface area contributed by atoms with Crippen molar-refractivity contribution in [3.63, 3.8) is 0 Å². The van der Waals surface area contributed by atoms with Crippen LogP contribution in [0.3, 0.4) is 0 Å². The predicted octanol–water partition coefficient (Wildman–Crippen LogP) is 5.13. The molecule has 1 aliphatic carbocycles. The molecule has 0 fully saturated rings. The van der Waals surface area contributed by atoms with Gasteiger partial charge in [-0.05, 0) is 30.7 Å². The van der Waals surface area contributed by atoms with Crippen molar-refractivity contribution in [3.8, 4) is 0 Å². The first kappa shape index (κ1) is 12.9. The van der Waals surface area contributed by atoms with Gasteiger partial charge in [0.05, 0.1) is 22.2 Å². The van der Waals surface area contributed by atoms with E-state index in [4.69, 9.17) is 9.72 Å². The maximum absolute atomic E-state index is 5.58. The molecular weight excluding hydrogens is 298 g/mol. The van der Waals surface area contributed by atoms with Crippen LogP contribution in [0.25, 0.3) is 15.1 Å². The Morgan fingerprint density at radius 1 is 1.19 bits per heavy atom. The van der Waals surface area contributed by atoms with E-state index < -0.39 is 0 Å². The highest BCUT2D eigenvalue weighted by atomic mass is 32.2. The van der Waals surface area contributed by atoms with Crippen molar-refractivity contribution in [2.24, 2.45) is 0 Å². The molecule has 1 aromatic carbocycles. The van der Waals surface area contributed by atoms with Gasteiger partial charge < -0.3 is 4.74 Å². The largest absolute Gasteiger partial charge is 0.496 e. The van der Waals surface area contributed by atoms with Gasteiger partial charge in [-0.25, -0.2) is 4.98 Å². The number of nitrogens with zero attached hydrogens (tertiary/aromatic N) is 1. The highest BCUT2D eigenvalue weighted by Crippen LogP contribution is 2.46. The molecule has 0 amide bonds. The summed E-state index contributed by atoms with van der Waals surface area (Å²) in [7, 11) is 1.74. The van der Waals surface area contributed by atoms with Gasteiger partial charge in [0.1, 0.15) is 10.8 Å². The number of ether oxygens (including phenoxy) is 1. The summed E-state index contributed by atoms with van der Waals surface area (Å²) in [6.07, 6.45) is 9.48. The van der Waals surface area contributed by atoms with Crippen molar-refractivity contribution >= 4 is 38.2 Å². The molecule has 4 rings (SSSR count). The number of thioether (sulfide) groups is 1. The van der Waals surface area contributed by atoms with Crippen LogP contribution in [-0.2, 0) is 4.74 Å². The quantitative estimate of drug-likeness (QED) is 0.767. The minimum absolute atomic E-state index is 0.936. The Bertz CT molecular complexity index is 806. The Morgan fingerprint density at radius 3 is 2.95 bits per heavy atom. The maximum atomic E-state index is 5.58. The fourth-order valence-corrected chi connectivity index (χ4v) is 4.60. The second-order valence-electron chi connectivity index (χ2n) is 4.81. The zero-order valence-corrected chi connectivity index (χ0v) is 13.1. The molecule has 0 unspecified atom stereocenters. The normalized spacial score (nSPS) is 17.6. The van der Waals surface area contributed by atoms with Gasteiger partial charge >= 0.3 is 0 Å². The third-order valence-corrected chi connectivity index (χ3v) is 5.84. The van der Waals surface area contributed by atoms with Crippen LogP contribution >= 0.6 is 23.1 Å². The van der Waals surface area contributed by atoms with Crippen molar-refractivity contribution in [2.75, 3.05) is 7.11 Å². The molecule has 0 bridgehead atoms. The lowest BCUT2D eigenvalue weighted by atomic mass is 10.1. The Balaban J connectivity index is 1.82. The summed E-state index contributed by atoms with van der Waals surface area (Å²) in [5.74, 6) is 0.957. The van der Waals surface area contributed by atoms with E-state index in [0.717, 1.165) is 22.7 Å². The molecule has 1 aliphatic heterocycles. The van der Waals surface area contributed by atoms with Crippen LogP contribution in [0.15, 0.2) is 64.8 Å². The summed E-state index contributed by atoms with van der Waals surface area (Å²) >= 11 is 3.52. The number of hydrogen-bond acceptors (Lipinski definition) is 4. The Kier molecular flexibility index (Phi) is 3.20. The van der Waals surface area contributed by atoms with Crippen molar-refractivity contribution < 1.29 is 4.74 Å². The van der Waals surface area contributed by atoms with Crippen LogP contribution < -0.4 is 0 Å². The molecule has 2 aliphatic rings. The zero-order chi connectivity index (χ0) is 14.2. The van der Waals surface area contributed by atoms with Crippen LogP contribution in [0.1, 0.15) is 11.4 Å². The minimum Gasteiger partial charge on any atom is -0.496 e. The van der Waals surface area contributed by atoms with Crippen LogP contribution in [0.5, 0.6) is 0 Å². The fourth-order valence-electron chi connectivity index (χ4n) is 2.48. The van der Waals surface area contributed by atoms with E-state index >= 15 is 0 Å². The molecule has 0 saturated heterocycles. The monoisotopic (exact) mass is 311 g/mol. The lowest BCUT2D eigenvalue weighted by molar-refractivity contribution is 0.303. The molecule has 104 valence electrons. The second-order valence-corrected chi connectivity index (χ2v) is 6.92. The Morgan fingerprint density at radius 2 is 2.10 bits per heavy atom. The summed E-state index contributed by atoms with van der Waals surface area (Å²) in [5.41, 5.74) is 2.33. The average molecular weight is 311 g/mol. The Labute approximate surface area is 131 Å². The molecule has 21 heavy (non-hydrogen) atoms.